The minimum absolute atomic E-state index is 0.191. The van der Waals surface area contributed by atoms with Gasteiger partial charge in [-0.15, -0.1) is 5.10 Å². The van der Waals surface area contributed by atoms with Crippen molar-refractivity contribution in [3.63, 3.8) is 0 Å². The van der Waals surface area contributed by atoms with Crippen LogP contribution in [0.5, 0.6) is 0 Å². The maximum absolute atomic E-state index is 12.3. The number of rotatable bonds is 3. The van der Waals surface area contributed by atoms with Gasteiger partial charge in [0.1, 0.15) is 0 Å². The summed E-state index contributed by atoms with van der Waals surface area (Å²) in [6, 6.07) is 6.55. The molecule has 10 heteroatoms. The predicted molar refractivity (Wildman–Crippen MR) is 80.7 cm³/mol. The zero-order chi connectivity index (χ0) is 15.0. The van der Waals surface area contributed by atoms with E-state index in [-0.39, 0.29) is 21.6 Å². The Morgan fingerprint density at radius 1 is 1.29 bits per heavy atom. The number of para-hydroxylation sites is 1. The first kappa shape index (κ1) is 14.2. The van der Waals surface area contributed by atoms with Crippen LogP contribution in [0.25, 0.3) is 5.78 Å². The number of nitrogens with one attached hydrogen (secondary N) is 1. The molecule has 0 atom stereocenters. The molecule has 0 radical (unpaired) electrons. The van der Waals surface area contributed by atoms with Gasteiger partial charge in [-0.25, -0.2) is 9.50 Å². The van der Waals surface area contributed by atoms with E-state index >= 15 is 0 Å². The largest absolute Gasteiger partial charge is 0.299 e. The van der Waals surface area contributed by atoms with Crippen LogP contribution in [0.3, 0.4) is 0 Å². The fraction of sp³-hybridized carbons (Fsp3) is 0. The third-order valence-corrected chi connectivity index (χ3v) is 4.64. The molecular formula is C11H7BrClN5O2S. The first-order valence-electron chi connectivity index (χ1n) is 5.61. The highest BCUT2D eigenvalue weighted by Crippen LogP contribution is 2.31. The van der Waals surface area contributed by atoms with Gasteiger partial charge in [0.15, 0.2) is 0 Å². The molecule has 0 saturated carbocycles. The van der Waals surface area contributed by atoms with E-state index in [0.717, 1.165) is 0 Å². The molecule has 0 amide bonds. The van der Waals surface area contributed by atoms with Crippen molar-refractivity contribution in [3.05, 3.63) is 46.2 Å². The molecule has 3 rings (SSSR count). The third-order valence-electron chi connectivity index (χ3n) is 2.54. The molecular weight excluding hydrogens is 382 g/mol. The monoisotopic (exact) mass is 387 g/mol. The van der Waals surface area contributed by atoms with Gasteiger partial charge in [0, 0.05) is 16.9 Å². The van der Waals surface area contributed by atoms with Crippen LogP contribution in [0.4, 0.5) is 5.69 Å². The summed E-state index contributed by atoms with van der Waals surface area (Å²) in [4.78, 5) is 7.79. The molecule has 2 aromatic heterocycles. The van der Waals surface area contributed by atoms with E-state index in [4.69, 9.17) is 11.6 Å². The summed E-state index contributed by atoms with van der Waals surface area (Å²) in [6.07, 6.45) is 3.05. The number of fused-ring (bicyclic) bond motifs is 1. The smallest absolute Gasteiger partial charge is 0.274 e. The van der Waals surface area contributed by atoms with Crippen LogP contribution in [0.1, 0.15) is 0 Å². The number of anilines is 1. The zero-order valence-corrected chi connectivity index (χ0v) is 13.4. The van der Waals surface area contributed by atoms with E-state index in [1.807, 2.05) is 0 Å². The lowest BCUT2D eigenvalue weighted by Gasteiger charge is -2.08. The molecule has 0 aliphatic carbocycles. The Kier molecular flexibility index (Phi) is 3.56. The highest BCUT2D eigenvalue weighted by Gasteiger charge is 2.23. The van der Waals surface area contributed by atoms with Gasteiger partial charge < -0.3 is 0 Å². The van der Waals surface area contributed by atoms with Crippen molar-refractivity contribution in [2.45, 2.75) is 5.16 Å². The van der Waals surface area contributed by atoms with Gasteiger partial charge in [0.05, 0.1) is 10.7 Å². The van der Waals surface area contributed by atoms with Crippen molar-refractivity contribution in [1.29, 1.82) is 0 Å². The molecule has 1 N–H and O–H groups in total. The summed E-state index contributed by atoms with van der Waals surface area (Å²) in [5.74, 6) is 0.191. The molecule has 0 aliphatic heterocycles. The number of hydrogen-bond acceptors (Lipinski definition) is 5. The van der Waals surface area contributed by atoms with Crippen molar-refractivity contribution in [1.82, 2.24) is 19.6 Å². The van der Waals surface area contributed by atoms with Crippen LogP contribution in [-0.4, -0.2) is 28.0 Å². The lowest BCUT2D eigenvalue weighted by atomic mass is 10.3. The SMILES string of the molecule is O=S(=O)(Nc1c(Cl)cccc1Br)c1nc2ncccn2n1. The number of aromatic nitrogens is 4. The van der Waals surface area contributed by atoms with Crippen LogP contribution in [0.15, 0.2) is 46.3 Å². The van der Waals surface area contributed by atoms with Gasteiger partial charge in [0.2, 0.25) is 0 Å². The van der Waals surface area contributed by atoms with Crippen molar-refractivity contribution < 1.29 is 8.42 Å². The lowest BCUT2D eigenvalue weighted by Crippen LogP contribution is -2.15. The molecule has 0 spiro atoms. The lowest BCUT2D eigenvalue weighted by molar-refractivity contribution is 0.592. The van der Waals surface area contributed by atoms with E-state index in [1.54, 1.807) is 30.5 Å². The number of nitrogens with zero attached hydrogens (tertiary/aromatic N) is 4. The molecule has 0 fully saturated rings. The van der Waals surface area contributed by atoms with E-state index in [0.29, 0.717) is 4.47 Å². The highest BCUT2D eigenvalue weighted by atomic mass is 79.9. The molecule has 108 valence electrons. The summed E-state index contributed by atoms with van der Waals surface area (Å²) in [5.41, 5.74) is 0.228. The maximum Gasteiger partial charge on any atom is 0.299 e. The second kappa shape index (κ2) is 5.24. The molecule has 2 heterocycles. The highest BCUT2D eigenvalue weighted by molar-refractivity contribution is 9.10. The van der Waals surface area contributed by atoms with Gasteiger partial charge in [0.25, 0.3) is 21.0 Å². The van der Waals surface area contributed by atoms with Crippen molar-refractivity contribution in [2.75, 3.05) is 4.72 Å². The molecule has 0 saturated heterocycles. The van der Waals surface area contributed by atoms with Gasteiger partial charge in [-0.3, -0.25) is 4.72 Å². The van der Waals surface area contributed by atoms with E-state index in [2.05, 4.69) is 35.7 Å². The van der Waals surface area contributed by atoms with Crippen LogP contribution in [0.2, 0.25) is 5.02 Å². The average molecular weight is 389 g/mol. The summed E-state index contributed by atoms with van der Waals surface area (Å²) in [6.45, 7) is 0. The summed E-state index contributed by atoms with van der Waals surface area (Å²) in [7, 11) is -3.97. The fourth-order valence-electron chi connectivity index (χ4n) is 1.60. The normalized spacial score (nSPS) is 11.7. The number of halogens is 2. The second-order valence-corrected chi connectivity index (χ2v) is 6.80. The maximum atomic E-state index is 12.3. The third kappa shape index (κ3) is 2.71. The molecule has 1 aromatic carbocycles. The molecule has 7 nitrogen and oxygen atoms in total. The molecule has 21 heavy (non-hydrogen) atoms. The minimum Gasteiger partial charge on any atom is -0.274 e. The standard InChI is InChI=1S/C11H7BrClN5O2S/c12-7-3-1-4-8(13)9(7)17-21(19,20)11-15-10-14-5-2-6-18(10)16-11/h1-6,17H. The number of hydrogen-bond donors (Lipinski definition) is 1. The average Bonchev–Trinajstić information content (AvgIpc) is 2.88. The van der Waals surface area contributed by atoms with Gasteiger partial charge in [-0.05, 0) is 34.1 Å². The van der Waals surface area contributed by atoms with Crippen LogP contribution >= 0.6 is 27.5 Å². The first-order chi connectivity index (χ1) is 9.97. The van der Waals surface area contributed by atoms with Crippen molar-refractivity contribution in [2.24, 2.45) is 0 Å². The Labute approximate surface area is 133 Å². The van der Waals surface area contributed by atoms with E-state index in [1.165, 1.54) is 10.7 Å². The summed E-state index contributed by atoms with van der Waals surface area (Å²) >= 11 is 9.22. The van der Waals surface area contributed by atoms with Crippen molar-refractivity contribution >= 4 is 49.0 Å². The fourth-order valence-corrected chi connectivity index (χ4v) is 3.57. The Morgan fingerprint density at radius 2 is 2.10 bits per heavy atom. The minimum atomic E-state index is -3.97. The van der Waals surface area contributed by atoms with E-state index in [9.17, 15) is 8.42 Å². The summed E-state index contributed by atoms with van der Waals surface area (Å²) < 4.78 is 28.8. The van der Waals surface area contributed by atoms with Gasteiger partial charge >= 0.3 is 0 Å². The topological polar surface area (TPSA) is 89.2 Å². The molecule has 0 bridgehead atoms. The van der Waals surface area contributed by atoms with Gasteiger partial charge in [-0.2, -0.15) is 13.4 Å². The second-order valence-electron chi connectivity index (χ2n) is 3.96. The molecule has 3 aromatic rings. The first-order valence-corrected chi connectivity index (χ1v) is 8.27. The molecule has 0 unspecified atom stereocenters. The Hall–Kier alpha value is -1.71. The predicted octanol–water partition coefficient (Wildman–Crippen LogP) is 2.34. The number of benzene rings is 1. The zero-order valence-electron chi connectivity index (χ0n) is 10.2. The summed E-state index contributed by atoms with van der Waals surface area (Å²) in [5, 5.41) is 3.75. The Balaban J connectivity index is 2.04. The van der Waals surface area contributed by atoms with Crippen LogP contribution in [0, 0.1) is 0 Å². The van der Waals surface area contributed by atoms with Crippen LogP contribution in [-0.2, 0) is 10.0 Å². The Morgan fingerprint density at radius 3 is 2.81 bits per heavy atom. The molecule has 0 aliphatic rings. The van der Waals surface area contributed by atoms with Gasteiger partial charge in [-0.1, -0.05) is 17.7 Å². The van der Waals surface area contributed by atoms with Crippen LogP contribution < -0.4 is 4.72 Å². The Bertz CT molecular complexity index is 874. The van der Waals surface area contributed by atoms with E-state index < -0.39 is 10.0 Å². The van der Waals surface area contributed by atoms with Crippen molar-refractivity contribution in [3.8, 4) is 0 Å². The number of sulfonamides is 1. The quantitative estimate of drug-likeness (QED) is 0.744.